The molecule has 2 rings (SSSR count). The van der Waals surface area contributed by atoms with Gasteiger partial charge >= 0.3 is 0 Å². The highest BCUT2D eigenvalue weighted by Gasteiger charge is 2.13. The van der Waals surface area contributed by atoms with E-state index in [1.165, 1.54) is 16.7 Å². The maximum Gasteiger partial charge on any atom is 0.0632 e. The summed E-state index contributed by atoms with van der Waals surface area (Å²) in [6, 6.07) is 9.74. The number of benzene rings is 2. The predicted molar refractivity (Wildman–Crippen MR) is 89.3 cm³/mol. The van der Waals surface area contributed by atoms with E-state index in [2.05, 4.69) is 48.8 Å². The van der Waals surface area contributed by atoms with Crippen LogP contribution in [0.15, 0.2) is 39.7 Å². The third kappa shape index (κ3) is 3.30. The lowest BCUT2D eigenvalue weighted by Gasteiger charge is -2.12. The molecule has 0 aliphatic rings. The number of nitrogens with two attached hydrogens (primary N) is 1. The van der Waals surface area contributed by atoms with Crippen molar-refractivity contribution in [2.24, 2.45) is 0 Å². The van der Waals surface area contributed by atoms with E-state index in [4.69, 9.17) is 5.73 Å². The summed E-state index contributed by atoms with van der Waals surface area (Å²) in [5, 5.41) is 0. The van der Waals surface area contributed by atoms with Gasteiger partial charge in [-0.05, 0) is 55.7 Å². The van der Waals surface area contributed by atoms with Crippen LogP contribution in [0.2, 0.25) is 0 Å². The SMILES string of the molecule is Cc1cc(C)c(CS(=O)c2cc(Br)ccc2N)c(C)c1. The topological polar surface area (TPSA) is 43.1 Å². The number of rotatable bonds is 3. The van der Waals surface area contributed by atoms with Gasteiger partial charge in [-0.25, -0.2) is 0 Å². The summed E-state index contributed by atoms with van der Waals surface area (Å²) in [6.45, 7) is 6.21. The standard InChI is InChI=1S/C16H18BrNOS/c1-10-6-11(2)14(12(3)7-10)9-20(19)16-8-13(17)4-5-15(16)18/h4-8H,9,18H2,1-3H3. The molecule has 20 heavy (non-hydrogen) atoms. The fourth-order valence-electron chi connectivity index (χ4n) is 2.35. The van der Waals surface area contributed by atoms with Crippen molar-refractivity contribution in [3.63, 3.8) is 0 Å². The van der Waals surface area contributed by atoms with Gasteiger partial charge in [0.05, 0.1) is 21.4 Å². The van der Waals surface area contributed by atoms with Crippen LogP contribution in [0, 0.1) is 20.8 Å². The van der Waals surface area contributed by atoms with E-state index in [0.717, 1.165) is 10.0 Å². The Morgan fingerprint density at radius 3 is 2.30 bits per heavy atom. The Labute approximate surface area is 131 Å². The lowest BCUT2D eigenvalue weighted by Crippen LogP contribution is -2.04. The highest BCUT2D eigenvalue weighted by atomic mass is 79.9. The molecule has 1 unspecified atom stereocenters. The molecule has 2 N–H and O–H groups in total. The summed E-state index contributed by atoms with van der Waals surface area (Å²) in [6.07, 6.45) is 0. The molecule has 2 aromatic rings. The highest BCUT2D eigenvalue weighted by Crippen LogP contribution is 2.26. The predicted octanol–water partition coefficient (Wildman–Crippen LogP) is 4.26. The first-order valence-electron chi connectivity index (χ1n) is 6.38. The van der Waals surface area contributed by atoms with E-state index in [9.17, 15) is 4.21 Å². The Balaban J connectivity index is 2.35. The zero-order chi connectivity index (χ0) is 14.9. The van der Waals surface area contributed by atoms with Crippen LogP contribution in [0.4, 0.5) is 5.69 Å². The molecule has 1 atom stereocenters. The molecule has 0 saturated carbocycles. The van der Waals surface area contributed by atoms with Gasteiger partial charge in [0, 0.05) is 10.2 Å². The molecule has 0 bridgehead atoms. The monoisotopic (exact) mass is 351 g/mol. The van der Waals surface area contributed by atoms with Crippen molar-refractivity contribution < 1.29 is 4.21 Å². The molecule has 0 fully saturated rings. The van der Waals surface area contributed by atoms with Crippen LogP contribution >= 0.6 is 15.9 Å². The van der Waals surface area contributed by atoms with Crippen LogP contribution in [-0.4, -0.2) is 4.21 Å². The second kappa shape index (κ2) is 6.10. The van der Waals surface area contributed by atoms with Gasteiger partial charge in [0.15, 0.2) is 0 Å². The molecule has 0 heterocycles. The second-order valence-electron chi connectivity index (χ2n) is 5.05. The zero-order valence-corrected chi connectivity index (χ0v) is 14.3. The number of hydrogen-bond donors (Lipinski definition) is 1. The van der Waals surface area contributed by atoms with Crippen molar-refractivity contribution in [1.29, 1.82) is 0 Å². The Hall–Kier alpha value is -1.13. The Morgan fingerprint density at radius 2 is 1.70 bits per heavy atom. The second-order valence-corrected chi connectivity index (χ2v) is 7.38. The first-order chi connectivity index (χ1) is 9.38. The van der Waals surface area contributed by atoms with Gasteiger partial charge < -0.3 is 5.73 Å². The summed E-state index contributed by atoms with van der Waals surface area (Å²) >= 11 is 3.40. The first-order valence-corrected chi connectivity index (χ1v) is 8.50. The van der Waals surface area contributed by atoms with Crippen LogP contribution in [0.1, 0.15) is 22.3 Å². The van der Waals surface area contributed by atoms with Gasteiger partial charge in [-0.15, -0.1) is 0 Å². The molecular weight excluding hydrogens is 334 g/mol. The minimum absolute atomic E-state index is 0.499. The van der Waals surface area contributed by atoms with E-state index in [0.29, 0.717) is 16.3 Å². The van der Waals surface area contributed by atoms with Gasteiger partial charge in [-0.1, -0.05) is 33.6 Å². The van der Waals surface area contributed by atoms with Crippen molar-refractivity contribution in [2.75, 3.05) is 5.73 Å². The quantitative estimate of drug-likeness (QED) is 0.839. The van der Waals surface area contributed by atoms with Crippen molar-refractivity contribution in [3.8, 4) is 0 Å². The summed E-state index contributed by atoms with van der Waals surface area (Å²) in [4.78, 5) is 0.693. The van der Waals surface area contributed by atoms with E-state index in [1.54, 1.807) is 6.07 Å². The Bertz CT molecular complexity index is 659. The first kappa shape index (κ1) is 15.3. The van der Waals surface area contributed by atoms with Crippen LogP contribution < -0.4 is 5.73 Å². The molecule has 0 aliphatic heterocycles. The number of hydrogen-bond acceptors (Lipinski definition) is 2. The number of halogens is 1. The number of anilines is 1. The molecule has 0 amide bonds. The molecule has 0 saturated heterocycles. The third-order valence-corrected chi connectivity index (χ3v) is 5.22. The van der Waals surface area contributed by atoms with Gasteiger partial charge in [-0.3, -0.25) is 4.21 Å². The van der Waals surface area contributed by atoms with Crippen LogP contribution in [0.25, 0.3) is 0 Å². The minimum atomic E-state index is -1.14. The van der Waals surface area contributed by atoms with Gasteiger partial charge in [0.1, 0.15) is 0 Å². The molecule has 0 aromatic heterocycles. The molecule has 2 aromatic carbocycles. The largest absolute Gasteiger partial charge is 0.398 e. The van der Waals surface area contributed by atoms with E-state index in [-0.39, 0.29) is 0 Å². The molecule has 0 aliphatic carbocycles. The Morgan fingerprint density at radius 1 is 1.10 bits per heavy atom. The van der Waals surface area contributed by atoms with Gasteiger partial charge in [-0.2, -0.15) is 0 Å². The molecular formula is C16H18BrNOS. The third-order valence-electron chi connectivity index (χ3n) is 3.34. The summed E-state index contributed by atoms with van der Waals surface area (Å²) < 4.78 is 13.5. The smallest absolute Gasteiger partial charge is 0.0632 e. The highest BCUT2D eigenvalue weighted by molar-refractivity contribution is 9.10. The maximum absolute atomic E-state index is 12.6. The van der Waals surface area contributed by atoms with Crippen molar-refractivity contribution in [3.05, 3.63) is 57.1 Å². The fourth-order valence-corrected chi connectivity index (χ4v) is 4.33. The normalized spacial score (nSPS) is 12.4. The zero-order valence-electron chi connectivity index (χ0n) is 11.9. The number of aryl methyl sites for hydroxylation is 3. The molecule has 106 valence electrons. The summed E-state index contributed by atoms with van der Waals surface area (Å²) in [5.74, 6) is 0.499. The molecule has 4 heteroatoms. The van der Waals surface area contributed by atoms with E-state index < -0.39 is 10.8 Å². The maximum atomic E-state index is 12.6. The Kier molecular flexibility index (Phi) is 4.66. The van der Waals surface area contributed by atoms with Crippen LogP contribution in [0.3, 0.4) is 0 Å². The average molecular weight is 352 g/mol. The van der Waals surface area contributed by atoms with E-state index in [1.807, 2.05) is 12.1 Å². The lowest BCUT2D eigenvalue weighted by molar-refractivity contribution is 0.682. The summed E-state index contributed by atoms with van der Waals surface area (Å²) in [7, 11) is -1.14. The molecule has 0 radical (unpaired) electrons. The van der Waals surface area contributed by atoms with Gasteiger partial charge in [0.25, 0.3) is 0 Å². The van der Waals surface area contributed by atoms with Crippen molar-refractivity contribution >= 4 is 32.4 Å². The molecule has 0 spiro atoms. The lowest BCUT2D eigenvalue weighted by atomic mass is 10.0. The minimum Gasteiger partial charge on any atom is -0.398 e. The summed E-state index contributed by atoms with van der Waals surface area (Å²) in [5.41, 5.74) is 11.3. The van der Waals surface area contributed by atoms with Crippen LogP contribution in [-0.2, 0) is 16.6 Å². The van der Waals surface area contributed by atoms with Crippen LogP contribution in [0.5, 0.6) is 0 Å². The van der Waals surface area contributed by atoms with Crippen molar-refractivity contribution in [1.82, 2.24) is 0 Å². The van der Waals surface area contributed by atoms with Gasteiger partial charge in [0.2, 0.25) is 0 Å². The van der Waals surface area contributed by atoms with E-state index >= 15 is 0 Å². The molecule has 2 nitrogen and oxygen atoms in total. The number of nitrogen functional groups attached to an aromatic ring is 1. The average Bonchev–Trinajstić information content (AvgIpc) is 2.36. The fraction of sp³-hybridized carbons (Fsp3) is 0.250. The van der Waals surface area contributed by atoms with Crippen molar-refractivity contribution in [2.45, 2.75) is 31.4 Å².